The third kappa shape index (κ3) is 3.63. The zero-order chi connectivity index (χ0) is 19.8. The first-order chi connectivity index (χ1) is 14.1. The van der Waals surface area contributed by atoms with E-state index in [4.69, 9.17) is 15.2 Å². The number of benzene rings is 1. The van der Waals surface area contributed by atoms with Crippen LogP contribution >= 0.6 is 0 Å². The number of hydrogen-bond donors (Lipinski definition) is 2. The zero-order valence-corrected chi connectivity index (χ0v) is 17.3. The van der Waals surface area contributed by atoms with Crippen LogP contribution in [0.3, 0.4) is 0 Å². The van der Waals surface area contributed by atoms with E-state index in [0.29, 0.717) is 31.1 Å². The molecule has 3 saturated carbocycles. The van der Waals surface area contributed by atoms with Crippen LogP contribution in [-0.2, 0) is 10.2 Å². The fraction of sp³-hybridized carbons (Fsp3) is 0.708. The van der Waals surface area contributed by atoms with Gasteiger partial charge in [0.1, 0.15) is 13.2 Å². The van der Waals surface area contributed by atoms with Crippen LogP contribution in [0, 0.1) is 17.8 Å². The molecule has 4 aliphatic rings. The molecule has 0 aromatic heterocycles. The lowest BCUT2D eigenvalue weighted by atomic mass is 9.65. The molecule has 5 rings (SSSR count). The first kappa shape index (κ1) is 19.2. The summed E-state index contributed by atoms with van der Waals surface area (Å²) in [6.07, 6.45) is 10.3. The number of carbonyl (C=O) groups is 1. The van der Waals surface area contributed by atoms with Gasteiger partial charge in [-0.25, -0.2) is 0 Å². The van der Waals surface area contributed by atoms with Crippen LogP contribution < -0.4 is 20.5 Å². The largest absolute Gasteiger partial charge is 0.486 e. The second-order valence-corrected chi connectivity index (χ2v) is 9.76. The minimum absolute atomic E-state index is 0.0203. The summed E-state index contributed by atoms with van der Waals surface area (Å²) in [6.45, 7) is 1.94. The molecule has 1 amide bonds. The van der Waals surface area contributed by atoms with Gasteiger partial charge in [-0.2, -0.15) is 0 Å². The average Bonchev–Trinajstić information content (AvgIpc) is 3.22. The van der Waals surface area contributed by atoms with E-state index in [9.17, 15) is 4.79 Å². The van der Waals surface area contributed by atoms with E-state index in [1.807, 2.05) is 6.07 Å². The molecule has 1 aromatic carbocycles. The average molecular weight is 399 g/mol. The highest BCUT2D eigenvalue weighted by Crippen LogP contribution is 2.45. The van der Waals surface area contributed by atoms with Gasteiger partial charge in [-0.05, 0) is 68.1 Å². The number of ether oxygens (including phenoxy) is 2. The topological polar surface area (TPSA) is 73.6 Å². The van der Waals surface area contributed by atoms with Crippen LogP contribution in [0.2, 0.25) is 0 Å². The molecular weight excluding hydrogens is 364 g/mol. The molecule has 1 aromatic rings. The van der Waals surface area contributed by atoms with E-state index in [2.05, 4.69) is 17.4 Å². The number of nitrogens with two attached hydrogens (primary N) is 1. The quantitative estimate of drug-likeness (QED) is 0.814. The van der Waals surface area contributed by atoms with E-state index in [0.717, 1.165) is 43.7 Å². The highest BCUT2D eigenvalue weighted by atomic mass is 16.6. The van der Waals surface area contributed by atoms with Crippen LogP contribution in [-0.4, -0.2) is 31.7 Å². The van der Waals surface area contributed by atoms with Crippen molar-refractivity contribution in [2.75, 3.05) is 19.8 Å². The summed E-state index contributed by atoms with van der Waals surface area (Å²) in [5, 5.41) is 3.37. The third-order valence-corrected chi connectivity index (χ3v) is 8.10. The maximum atomic E-state index is 13.1. The Bertz CT molecular complexity index is 744. The van der Waals surface area contributed by atoms with Gasteiger partial charge in [-0.15, -0.1) is 0 Å². The predicted molar refractivity (Wildman–Crippen MR) is 112 cm³/mol. The Morgan fingerprint density at radius 1 is 1.03 bits per heavy atom. The first-order valence-corrected chi connectivity index (χ1v) is 11.6. The van der Waals surface area contributed by atoms with Crippen molar-refractivity contribution in [2.45, 2.75) is 69.2 Å². The monoisotopic (exact) mass is 398 g/mol. The Kier molecular flexibility index (Phi) is 5.19. The van der Waals surface area contributed by atoms with Gasteiger partial charge in [-0.3, -0.25) is 4.79 Å². The van der Waals surface area contributed by atoms with Crippen molar-refractivity contribution >= 4 is 5.91 Å². The molecule has 0 radical (unpaired) electrons. The van der Waals surface area contributed by atoms with Gasteiger partial charge in [0, 0.05) is 23.9 Å². The number of rotatable bonds is 4. The standard InChI is InChI=1S/C24H34N2O3/c25-22-16-4-3-5-17(22)13-18(12-16)23(27)26-15-24(8-1-2-9-24)19-6-7-20-21(14-19)29-11-10-28-20/h6-7,14,16-18,22H,1-5,8-13,15,25H2,(H,26,27). The van der Waals surface area contributed by atoms with Crippen molar-refractivity contribution in [1.82, 2.24) is 5.32 Å². The van der Waals surface area contributed by atoms with Gasteiger partial charge < -0.3 is 20.5 Å². The predicted octanol–water partition coefficient (Wildman–Crippen LogP) is 3.54. The molecule has 0 spiro atoms. The smallest absolute Gasteiger partial charge is 0.223 e. The molecule has 3 aliphatic carbocycles. The zero-order valence-electron chi connectivity index (χ0n) is 17.3. The van der Waals surface area contributed by atoms with Gasteiger partial charge in [0.2, 0.25) is 5.91 Å². The van der Waals surface area contributed by atoms with Gasteiger partial charge in [0.25, 0.3) is 0 Å². The van der Waals surface area contributed by atoms with Crippen molar-refractivity contribution in [3.63, 3.8) is 0 Å². The number of fused-ring (bicyclic) bond motifs is 3. The summed E-state index contributed by atoms with van der Waals surface area (Å²) in [7, 11) is 0. The van der Waals surface area contributed by atoms with Crippen LogP contribution in [0.15, 0.2) is 18.2 Å². The minimum atomic E-state index is 0.0203. The summed E-state index contributed by atoms with van der Waals surface area (Å²) < 4.78 is 11.5. The maximum absolute atomic E-state index is 13.1. The molecule has 2 atom stereocenters. The molecule has 2 unspecified atom stereocenters. The molecule has 158 valence electrons. The fourth-order valence-electron chi connectivity index (χ4n) is 6.40. The molecular formula is C24H34N2O3. The van der Waals surface area contributed by atoms with Crippen LogP contribution in [0.25, 0.3) is 0 Å². The van der Waals surface area contributed by atoms with Crippen LogP contribution in [0.5, 0.6) is 11.5 Å². The summed E-state index contributed by atoms with van der Waals surface area (Å²) in [5.41, 5.74) is 7.72. The highest BCUT2D eigenvalue weighted by molar-refractivity contribution is 5.79. The summed E-state index contributed by atoms with van der Waals surface area (Å²) in [5.74, 6) is 3.15. The first-order valence-electron chi connectivity index (χ1n) is 11.6. The van der Waals surface area contributed by atoms with E-state index in [-0.39, 0.29) is 17.2 Å². The van der Waals surface area contributed by atoms with Crippen LogP contribution in [0.4, 0.5) is 0 Å². The summed E-state index contributed by atoms with van der Waals surface area (Å²) in [6, 6.07) is 6.67. The number of hydrogen-bond acceptors (Lipinski definition) is 4. The minimum Gasteiger partial charge on any atom is -0.486 e. The Balaban J connectivity index is 1.28. The highest BCUT2D eigenvalue weighted by Gasteiger charge is 2.42. The number of carbonyl (C=O) groups excluding carboxylic acids is 1. The van der Waals surface area contributed by atoms with Gasteiger partial charge in [0.15, 0.2) is 11.5 Å². The summed E-state index contributed by atoms with van der Waals surface area (Å²) >= 11 is 0. The van der Waals surface area contributed by atoms with E-state index in [1.54, 1.807) is 0 Å². The molecule has 5 heteroatoms. The lowest BCUT2D eigenvalue weighted by Crippen LogP contribution is -2.50. The molecule has 1 heterocycles. The molecule has 5 nitrogen and oxygen atoms in total. The van der Waals surface area contributed by atoms with Gasteiger partial charge in [0.05, 0.1) is 0 Å². The van der Waals surface area contributed by atoms with E-state index < -0.39 is 0 Å². The van der Waals surface area contributed by atoms with Crippen LogP contribution in [0.1, 0.15) is 63.4 Å². The lowest BCUT2D eigenvalue weighted by Gasteiger charge is -2.43. The second kappa shape index (κ2) is 7.82. The molecule has 3 fully saturated rings. The Hall–Kier alpha value is -1.75. The number of nitrogens with one attached hydrogen (secondary N) is 1. The Labute approximate surface area is 173 Å². The lowest BCUT2D eigenvalue weighted by molar-refractivity contribution is -0.128. The normalized spacial score (nSPS) is 32.6. The van der Waals surface area contributed by atoms with E-state index >= 15 is 0 Å². The summed E-state index contributed by atoms with van der Waals surface area (Å²) in [4.78, 5) is 13.1. The van der Waals surface area contributed by atoms with Crippen molar-refractivity contribution < 1.29 is 14.3 Å². The Morgan fingerprint density at radius 2 is 1.72 bits per heavy atom. The SMILES string of the molecule is NC1C2CCCC1CC(C(=O)NCC1(c3ccc4c(c3)OCCO4)CCCC1)C2. The fourth-order valence-corrected chi connectivity index (χ4v) is 6.40. The maximum Gasteiger partial charge on any atom is 0.223 e. The molecule has 1 aliphatic heterocycles. The second-order valence-electron chi connectivity index (χ2n) is 9.76. The van der Waals surface area contributed by atoms with Crippen molar-refractivity contribution in [3.05, 3.63) is 23.8 Å². The number of amides is 1. The van der Waals surface area contributed by atoms with Crippen molar-refractivity contribution in [1.29, 1.82) is 0 Å². The van der Waals surface area contributed by atoms with Gasteiger partial charge in [-0.1, -0.05) is 25.3 Å². The molecule has 0 saturated heterocycles. The molecule has 3 N–H and O–H groups in total. The third-order valence-electron chi connectivity index (χ3n) is 8.10. The molecule has 29 heavy (non-hydrogen) atoms. The molecule has 2 bridgehead atoms. The Morgan fingerprint density at radius 3 is 2.45 bits per heavy atom. The van der Waals surface area contributed by atoms with Gasteiger partial charge >= 0.3 is 0 Å². The van der Waals surface area contributed by atoms with E-state index in [1.165, 1.54) is 37.7 Å². The van der Waals surface area contributed by atoms with Crippen molar-refractivity contribution in [3.8, 4) is 11.5 Å². The van der Waals surface area contributed by atoms with Crippen molar-refractivity contribution in [2.24, 2.45) is 23.5 Å².